The van der Waals surface area contributed by atoms with Crippen molar-refractivity contribution in [2.24, 2.45) is 0 Å². The lowest BCUT2D eigenvalue weighted by molar-refractivity contribution is -0.120. The third-order valence-electron chi connectivity index (χ3n) is 3.41. The molecule has 0 spiro atoms. The second-order valence-electron chi connectivity index (χ2n) is 5.04. The fourth-order valence-corrected chi connectivity index (χ4v) is 3.31. The first kappa shape index (κ1) is 18.4. The molecule has 0 aliphatic carbocycles. The van der Waals surface area contributed by atoms with Crippen LogP contribution in [0, 0.1) is 0 Å². The molecular formula is C14H24ClN3O2S. The Morgan fingerprint density at radius 1 is 1.62 bits per heavy atom. The second-order valence-corrected chi connectivity index (χ2v) is 6.02. The van der Waals surface area contributed by atoms with Crippen LogP contribution in [0.15, 0.2) is 17.5 Å². The van der Waals surface area contributed by atoms with Crippen LogP contribution in [0.5, 0.6) is 0 Å². The highest BCUT2D eigenvalue weighted by Crippen LogP contribution is 2.26. The summed E-state index contributed by atoms with van der Waals surface area (Å²) in [5.41, 5.74) is 0. The van der Waals surface area contributed by atoms with Crippen LogP contribution in [0.25, 0.3) is 0 Å². The lowest BCUT2D eigenvalue weighted by atomic mass is 10.1. The number of amides is 1. The van der Waals surface area contributed by atoms with E-state index in [4.69, 9.17) is 4.74 Å². The van der Waals surface area contributed by atoms with Gasteiger partial charge in [0.25, 0.3) is 0 Å². The topological polar surface area (TPSA) is 53.6 Å². The van der Waals surface area contributed by atoms with E-state index >= 15 is 0 Å². The maximum atomic E-state index is 11.7. The average molecular weight is 334 g/mol. The van der Waals surface area contributed by atoms with Crippen molar-refractivity contribution in [2.75, 3.05) is 39.8 Å². The number of ether oxygens (including phenoxy) is 1. The molecule has 2 rings (SSSR count). The van der Waals surface area contributed by atoms with Crippen molar-refractivity contribution in [3.63, 3.8) is 0 Å². The van der Waals surface area contributed by atoms with Crippen LogP contribution >= 0.6 is 23.7 Å². The van der Waals surface area contributed by atoms with Crippen molar-refractivity contribution >= 4 is 29.7 Å². The number of hydrogen-bond donors (Lipinski definition) is 2. The smallest absolute Gasteiger partial charge is 0.234 e. The number of morpholine rings is 1. The highest BCUT2D eigenvalue weighted by Gasteiger charge is 2.26. The van der Waals surface area contributed by atoms with Gasteiger partial charge < -0.3 is 15.4 Å². The number of carbonyl (C=O) groups excluding carboxylic acids is 1. The number of rotatable bonds is 6. The molecule has 2 atom stereocenters. The fourth-order valence-electron chi connectivity index (χ4n) is 2.45. The number of nitrogens with one attached hydrogen (secondary N) is 2. The van der Waals surface area contributed by atoms with E-state index in [1.54, 1.807) is 18.4 Å². The van der Waals surface area contributed by atoms with E-state index < -0.39 is 0 Å². The van der Waals surface area contributed by atoms with E-state index in [1.807, 2.05) is 0 Å². The Hall–Kier alpha value is -0.660. The summed E-state index contributed by atoms with van der Waals surface area (Å²) in [5, 5.41) is 7.96. The Kier molecular flexibility index (Phi) is 8.21. The van der Waals surface area contributed by atoms with Gasteiger partial charge in [-0.15, -0.1) is 23.7 Å². The number of likely N-dealkylation sites (N-methyl/N-ethyl adjacent to an activating group) is 1. The van der Waals surface area contributed by atoms with Crippen LogP contribution in [0.4, 0.5) is 0 Å². The molecule has 0 saturated carbocycles. The van der Waals surface area contributed by atoms with Crippen molar-refractivity contribution in [3.8, 4) is 0 Å². The summed E-state index contributed by atoms with van der Waals surface area (Å²) >= 11 is 1.74. The van der Waals surface area contributed by atoms with Gasteiger partial charge in [0.2, 0.25) is 5.91 Å². The highest BCUT2D eigenvalue weighted by atomic mass is 35.5. The summed E-state index contributed by atoms with van der Waals surface area (Å²) in [4.78, 5) is 15.3. The van der Waals surface area contributed by atoms with Gasteiger partial charge in [0.1, 0.15) is 0 Å². The Labute approximate surface area is 136 Å². The van der Waals surface area contributed by atoms with Gasteiger partial charge in [0.05, 0.1) is 25.3 Å². The average Bonchev–Trinajstić information content (AvgIpc) is 2.93. The summed E-state index contributed by atoms with van der Waals surface area (Å²) in [5.74, 6) is 0.0374. The number of nitrogens with zero attached hydrogens (tertiary/aromatic N) is 1. The van der Waals surface area contributed by atoms with Crippen LogP contribution in [0.3, 0.4) is 0 Å². The number of carbonyl (C=O) groups is 1. The summed E-state index contributed by atoms with van der Waals surface area (Å²) in [6.45, 7) is 5.68. The number of halogens is 1. The minimum atomic E-state index is 0. The maximum absolute atomic E-state index is 11.7. The lowest BCUT2D eigenvalue weighted by Crippen LogP contribution is -2.47. The van der Waals surface area contributed by atoms with Gasteiger partial charge >= 0.3 is 0 Å². The van der Waals surface area contributed by atoms with Gasteiger partial charge in [0, 0.05) is 24.5 Å². The van der Waals surface area contributed by atoms with Gasteiger partial charge in [-0.2, -0.15) is 0 Å². The zero-order valence-corrected chi connectivity index (χ0v) is 14.1. The standard InChI is InChI=1S/C14H23N3O2S.ClH/c1-11-10-17(5-6-19-11)12(13-4-3-7-20-13)8-16-14(18)9-15-2;/h3-4,7,11-12,15H,5-6,8-10H2,1-2H3,(H,16,18);1H. The van der Waals surface area contributed by atoms with E-state index in [-0.39, 0.29) is 30.5 Å². The molecule has 0 bridgehead atoms. The second kappa shape index (κ2) is 9.38. The van der Waals surface area contributed by atoms with Crippen LogP contribution in [0.1, 0.15) is 17.8 Å². The van der Waals surface area contributed by atoms with E-state index in [1.165, 1.54) is 4.88 Å². The first-order chi connectivity index (χ1) is 9.70. The molecule has 2 heterocycles. The largest absolute Gasteiger partial charge is 0.376 e. The summed E-state index contributed by atoms with van der Waals surface area (Å²) < 4.78 is 5.60. The SMILES string of the molecule is CNCC(=O)NCC(c1cccs1)N1CCOC(C)C1.Cl. The third kappa shape index (κ3) is 5.56. The molecule has 0 aromatic carbocycles. The molecule has 1 fully saturated rings. The number of thiophene rings is 1. The van der Waals surface area contributed by atoms with E-state index in [0.717, 1.165) is 19.7 Å². The molecule has 1 aromatic heterocycles. The van der Waals surface area contributed by atoms with E-state index in [0.29, 0.717) is 13.1 Å². The molecule has 2 unspecified atom stereocenters. The minimum Gasteiger partial charge on any atom is -0.376 e. The van der Waals surface area contributed by atoms with Crippen LogP contribution < -0.4 is 10.6 Å². The normalized spacial score (nSPS) is 20.6. The van der Waals surface area contributed by atoms with Crippen LogP contribution in [-0.4, -0.2) is 56.7 Å². The Morgan fingerprint density at radius 2 is 2.43 bits per heavy atom. The summed E-state index contributed by atoms with van der Waals surface area (Å²) in [6, 6.07) is 4.44. The molecule has 2 N–H and O–H groups in total. The predicted molar refractivity (Wildman–Crippen MR) is 88.2 cm³/mol. The molecule has 1 saturated heterocycles. The molecule has 0 radical (unpaired) electrons. The monoisotopic (exact) mass is 333 g/mol. The van der Waals surface area contributed by atoms with Crippen LogP contribution in [-0.2, 0) is 9.53 Å². The van der Waals surface area contributed by atoms with Gasteiger partial charge in [-0.1, -0.05) is 6.07 Å². The van der Waals surface area contributed by atoms with Crippen molar-refractivity contribution in [2.45, 2.75) is 19.1 Å². The molecule has 120 valence electrons. The predicted octanol–water partition coefficient (Wildman–Crippen LogP) is 1.27. The van der Waals surface area contributed by atoms with Crippen molar-refractivity contribution in [1.82, 2.24) is 15.5 Å². The molecule has 1 aromatic rings. The quantitative estimate of drug-likeness (QED) is 0.823. The molecule has 1 aliphatic rings. The van der Waals surface area contributed by atoms with E-state index in [2.05, 4.69) is 40.0 Å². The Morgan fingerprint density at radius 3 is 3.05 bits per heavy atom. The molecule has 21 heavy (non-hydrogen) atoms. The van der Waals surface area contributed by atoms with Gasteiger partial charge in [-0.05, 0) is 25.4 Å². The lowest BCUT2D eigenvalue weighted by Gasteiger charge is -2.37. The Bertz CT molecular complexity index is 416. The third-order valence-corrected chi connectivity index (χ3v) is 4.39. The maximum Gasteiger partial charge on any atom is 0.234 e. The molecular weight excluding hydrogens is 310 g/mol. The van der Waals surface area contributed by atoms with Crippen molar-refractivity contribution < 1.29 is 9.53 Å². The zero-order valence-electron chi connectivity index (χ0n) is 12.5. The molecule has 1 aliphatic heterocycles. The van der Waals surface area contributed by atoms with Gasteiger partial charge in [-0.25, -0.2) is 0 Å². The summed E-state index contributed by atoms with van der Waals surface area (Å²) in [7, 11) is 1.78. The van der Waals surface area contributed by atoms with Crippen LogP contribution in [0.2, 0.25) is 0 Å². The van der Waals surface area contributed by atoms with Crippen molar-refractivity contribution in [1.29, 1.82) is 0 Å². The van der Waals surface area contributed by atoms with Gasteiger partial charge in [-0.3, -0.25) is 9.69 Å². The first-order valence-electron chi connectivity index (χ1n) is 7.01. The molecule has 1 amide bonds. The van der Waals surface area contributed by atoms with E-state index in [9.17, 15) is 4.79 Å². The first-order valence-corrected chi connectivity index (χ1v) is 7.89. The van der Waals surface area contributed by atoms with Gasteiger partial charge in [0.15, 0.2) is 0 Å². The van der Waals surface area contributed by atoms with Crippen molar-refractivity contribution in [3.05, 3.63) is 22.4 Å². The highest BCUT2D eigenvalue weighted by molar-refractivity contribution is 7.10. The fraction of sp³-hybridized carbons (Fsp3) is 0.643. The Balaban J connectivity index is 0.00000220. The minimum absolute atomic E-state index is 0. The summed E-state index contributed by atoms with van der Waals surface area (Å²) in [6.07, 6.45) is 0.249. The zero-order chi connectivity index (χ0) is 14.4. The molecule has 5 nitrogen and oxygen atoms in total. The molecule has 7 heteroatoms. The number of hydrogen-bond acceptors (Lipinski definition) is 5.